The molecule has 2 heterocycles. The summed E-state index contributed by atoms with van der Waals surface area (Å²) >= 11 is 0. The fourth-order valence-electron chi connectivity index (χ4n) is 3.54. The van der Waals surface area contributed by atoms with E-state index in [1.54, 1.807) is 42.6 Å². The highest BCUT2D eigenvalue weighted by Gasteiger charge is 2.32. The van der Waals surface area contributed by atoms with Crippen molar-refractivity contribution in [2.75, 3.05) is 31.5 Å². The number of amides is 2. The van der Waals surface area contributed by atoms with Crippen LogP contribution in [0.15, 0.2) is 78.0 Å². The first kappa shape index (κ1) is 22.6. The maximum absolute atomic E-state index is 14.0. The molecule has 1 fully saturated rings. The van der Waals surface area contributed by atoms with Crippen LogP contribution in [0.2, 0.25) is 0 Å². The Hall–Kier alpha value is -3.63. The predicted octanol–water partition coefficient (Wildman–Crippen LogP) is 2.62. The molecular weight excluding hydrogens is 447 g/mol. The number of nitrogens with zero attached hydrogens (tertiary/aromatic N) is 3. The van der Waals surface area contributed by atoms with Gasteiger partial charge in [0, 0.05) is 49.8 Å². The SMILES string of the molecule is O=C(Nc1cccc(C(=O)N2CCN(S(=O)(=O)c3ccccc3F)CC2)c1)c1cccnc1. The van der Waals surface area contributed by atoms with Crippen molar-refractivity contribution >= 4 is 27.5 Å². The summed E-state index contributed by atoms with van der Waals surface area (Å²) in [7, 11) is -3.99. The molecule has 0 radical (unpaired) electrons. The van der Waals surface area contributed by atoms with E-state index in [0.29, 0.717) is 16.8 Å². The van der Waals surface area contributed by atoms with E-state index in [0.717, 1.165) is 6.07 Å². The summed E-state index contributed by atoms with van der Waals surface area (Å²) in [5.41, 5.74) is 1.21. The van der Waals surface area contributed by atoms with Gasteiger partial charge in [0.2, 0.25) is 10.0 Å². The van der Waals surface area contributed by atoms with Gasteiger partial charge in [-0.25, -0.2) is 12.8 Å². The second-order valence-corrected chi connectivity index (χ2v) is 9.31. The second-order valence-electron chi connectivity index (χ2n) is 7.40. The Bertz CT molecular complexity index is 1280. The Morgan fingerprint density at radius 3 is 2.33 bits per heavy atom. The third-order valence-electron chi connectivity index (χ3n) is 5.27. The topological polar surface area (TPSA) is 99.7 Å². The quantitative estimate of drug-likeness (QED) is 0.621. The Balaban J connectivity index is 1.41. The molecule has 1 aromatic heterocycles. The number of hydrogen-bond acceptors (Lipinski definition) is 5. The molecule has 0 spiro atoms. The number of benzene rings is 2. The number of hydrogen-bond donors (Lipinski definition) is 1. The molecule has 1 N–H and O–H groups in total. The molecule has 8 nitrogen and oxygen atoms in total. The molecule has 1 aliphatic rings. The van der Waals surface area contributed by atoms with Gasteiger partial charge in [-0.2, -0.15) is 4.31 Å². The number of sulfonamides is 1. The molecule has 2 amide bonds. The van der Waals surface area contributed by atoms with E-state index in [-0.39, 0.29) is 42.9 Å². The van der Waals surface area contributed by atoms with Crippen molar-refractivity contribution in [3.8, 4) is 0 Å². The summed E-state index contributed by atoms with van der Waals surface area (Å²) < 4.78 is 40.7. The van der Waals surface area contributed by atoms with Crippen molar-refractivity contribution in [3.63, 3.8) is 0 Å². The van der Waals surface area contributed by atoms with E-state index in [4.69, 9.17) is 0 Å². The number of carbonyl (C=O) groups excluding carboxylic acids is 2. The molecule has 2 aromatic carbocycles. The molecule has 4 rings (SSSR count). The average Bonchev–Trinajstić information content (AvgIpc) is 2.84. The lowest BCUT2D eigenvalue weighted by molar-refractivity contribution is 0.0697. The van der Waals surface area contributed by atoms with Gasteiger partial charge >= 0.3 is 0 Å². The lowest BCUT2D eigenvalue weighted by atomic mass is 10.1. The van der Waals surface area contributed by atoms with Crippen LogP contribution in [0.25, 0.3) is 0 Å². The maximum Gasteiger partial charge on any atom is 0.257 e. The lowest BCUT2D eigenvalue weighted by Gasteiger charge is -2.34. The third kappa shape index (κ3) is 4.91. The van der Waals surface area contributed by atoms with Crippen LogP contribution >= 0.6 is 0 Å². The highest BCUT2D eigenvalue weighted by Crippen LogP contribution is 2.21. The predicted molar refractivity (Wildman–Crippen MR) is 120 cm³/mol. The highest BCUT2D eigenvalue weighted by molar-refractivity contribution is 7.89. The fraction of sp³-hybridized carbons (Fsp3) is 0.174. The zero-order valence-corrected chi connectivity index (χ0v) is 18.3. The summed E-state index contributed by atoms with van der Waals surface area (Å²) in [5.74, 6) is -1.43. The molecule has 10 heteroatoms. The molecule has 1 saturated heterocycles. The van der Waals surface area contributed by atoms with Gasteiger partial charge in [-0.05, 0) is 42.5 Å². The van der Waals surface area contributed by atoms with Crippen molar-refractivity contribution < 1.29 is 22.4 Å². The van der Waals surface area contributed by atoms with Gasteiger partial charge in [0.05, 0.1) is 5.56 Å². The molecule has 3 aromatic rings. The number of halogens is 1. The highest BCUT2D eigenvalue weighted by atomic mass is 32.2. The van der Waals surface area contributed by atoms with Crippen molar-refractivity contribution in [3.05, 3.63) is 90.0 Å². The fourth-order valence-corrected chi connectivity index (χ4v) is 5.02. The zero-order valence-electron chi connectivity index (χ0n) is 17.5. The maximum atomic E-state index is 14.0. The van der Waals surface area contributed by atoms with Crippen molar-refractivity contribution in [1.29, 1.82) is 0 Å². The minimum absolute atomic E-state index is 0.0554. The van der Waals surface area contributed by atoms with Crippen LogP contribution in [0.3, 0.4) is 0 Å². The molecule has 0 unspecified atom stereocenters. The minimum Gasteiger partial charge on any atom is -0.336 e. The Kier molecular flexibility index (Phi) is 6.47. The molecule has 0 saturated carbocycles. The second kappa shape index (κ2) is 9.47. The monoisotopic (exact) mass is 468 g/mol. The molecule has 170 valence electrons. The van der Waals surface area contributed by atoms with Crippen LogP contribution < -0.4 is 5.32 Å². The largest absolute Gasteiger partial charge is 0.336 e. The normalized spacial score (nSPS) is 14.6. The van der Waals surface area contributed by atoms with E-state index in [2.05, 4.69) is 10.3 Å². The average molecular weight is 469 g/mol. The number of aromatic nitrogens is 1. The van der Waals surface area contributed by atoms with Crippen LogP contribution in [0.4, 0.5) is 10.1 Å². The van der Waals surface area contributed by atoms with Crippen LogP contribution in [0, 0.1) is 5.82 Å². The zero-order chi connectivity index (χ0) is 23.4. The van der Waals surface area contributed by atoms with Crippen molar-refractivity contribution in [1.82, 2.24) is 14.2 Å². The first-order valence-corrected chi connectivity index (χ1v) is 11.7. The van der Waals surface area contributed by atoms with Gasteiger partial charge in [0.1, 0.15) is 10.7 Å². The van der Waals surface area contributed by atoms with E-state index in [1.807, 2.05) is 0 Å². The van der Waals surface area contributed by atoms with Gasteiger partial charge in [-0.15, -0.1) is 0 Å². The summed E-state index contributed by atoms with van der Waals surface area (Å²) in [6.45, 7) is 0.442. The number of carbonyl (C=O) groups is 2. The molecule has 0 aliphatic carbocycles. The first-order valence-electron chi connectivity index (χ1n) is 10.2. The molecule has 0 bridgehead atoms. The summed E-state index contributed by atoms with van der Waals surface area (Å²) in [6, 6.07) is 15.0. The smallest absolute Gasteiger partial charge is 0.257 e. The molecular formula is C23H21FN4O4S. The Morgan fingerprint density at radius 2 is 1.64 bits per heavy atom. The molecule has 1 aliphatic heterocycles. The van der Waals surface area contributed by atoms with E-state index in [1.165, 1.54) is 33.6 Å². The molecule has 33 heavy (non-hydrogen) atoms. The van der Waals surface area contributed by atoms with E-state index >= 15 is 0 Å². The number of anilines is 1. The Morgan fingerprint density at radius 1 is 0.909 bits per heavy atom. The lowest BCUT2D eigenvalue weighted by Crippen LogP contribution is -2.50. The third-order valence-corrected chi connectivity index (χ3v) is 7.20. The van der Waals surface area contributed by atoms with E-state index in [9.17, 15) is 22.4 Å². The molecule has 0 atom stereocenters. The van der Waals surface area contributed by atoms with Crippen LogP contribution in [0.1, 0.15) is 20.7 Å². The summed E-state index contributed by atoms with van der Waals surface area (Å²) in [4.78, 5) is 30.4. The van der Waals surface area contributed by atoms with Gasteiger partial charge < -0.3 is 10.2 Å². The summed E-state index contributed by atoms with van der Waals surface area (Å²) in [6.07, 6.45) is 3.01. The van der Waals surface area contributed by atoms with Crippen molar-refractivity contribution in [2.45, 2.75) is 4.90 Å². The van der Waals surface area contributed by atoms with Gasteiger partial charge in [-0.3, -0.25) is 14.6 Å². The van der Waals surface area contributed by atoms with E-state index < -0.39 is 15.8 Å². The number of piperazine rings is 1. The van der Waals surface area contributed by atoms with Crippen molar-refractivity contribution in [2.24, 2.45) is 0 Å². The standard InChI is InChI=1S/C23H21FN4O4S/c24-20-8-1-2-9-21(20)33(31,32)28-13-11-27(12-14-28)23(30)17-5-3-7-19(15-17)26-22(29)18-6-4-10-25-16-18/h1-10,15-16H,11-14H2,(H,26,29). The van der Waals surface area contributed by atoms with Gasteiger partial charge in [0.25, 0.3) is 11.8 Å². The number of pyridine rings is 1. The first-order chi connectivity index (χ1) is 15.9. The van der Waals surface area contributed by atoms with Crippen LogP contribution in [-0.4, -0.2) is 60.6 Å². The van der Waals surface area contributed by atoms with Gasteiger partial charge in [0.15, 0.2) is 0 Å². The summed E-state index contributed by atoms with van der Waals surface area (Å²) in [5, 5.41) is 2.73. The Labute approximate surface area is 190 Å². The number of nitrogens with one attached hydrogen (secondary N) is 1. The van der Waals surface area contributed by atoms with Gasteiger partial charge in [-0.1, -0.05) is 18.2 Å². The van der Waals surface area contributed by atoms with Crippen LogP contribution in [-0.2, 0) is 10.0 Å². The van der Waals surface area contributed by atoms with Crippen LogP contribution in [0.5, 0.6) is 0 Å². The minimum atomic E-state index is -3.99. The number of rotatable bonds is 5.